The van der Waals surface area contributed by atoms with Crippen molar-refractivity contribution >= 4 is 61.6 Å². The van der Waals surface area contributed by atoms with Crippen molar-refractivity contribution in [3.8, 4) is 5.75 Å². The average Bonchev–Trinajstić information content (AvgIpc) is 3.19. The maximum atomic E-state index is 13.0. The Bertz CT molecular complexity index is 1270. The smallest absolute Gasteiger partial charge is 0.307 e. The number of nitrogens with one attached hydrogen (secondary N) is 1. The topological polar surface area (TPSA) is 63.8 Å². The van der Waals surface area contributed by atoms with Gasteiger partial charge in [-0.2, -0.15) is 5.10 Å². The number of halogens is 3. The largest absolute Gasteiger partial charge is 0.488 e. The van der Waals surface area contributed by atoms with Gasteiger partial charge in [0, 0.05) is 15.4 Å². The summed E-state index contributed by atoms with van der Waals surface area (Å²) in [7, 11) is 0. The second-order valence-corrected chi connectivity index (χ2v) is 8.65. The van der Waals surface area contributed by atoms with Crippen molar-refractivity contribution in [3.05, 3.63) is 97.5 Å². The van der Waals surface area contributed by atoms with E-state index >= 15 is 0 Å². The summed E-state index contributed by atoms with van der Waals surface area (Å²) in [4.78, 5) is 12.4. The highest BCUT2D eigenvalue weighted by molar-refractivity contribution is 14.1. The molecular weight excluding hydrogens is 578 g/mol. The first-order valence-corrected chi connectivity index (χ1v) is 11.0. The number of amides is 1. The van der Waals surface area contributed by atoms with Crippen LogP contribution in [0.15, 0.2) is 80.7 Å². The van der Waals surface area contributed by atoms with Gasteiger partial charge in [0.1, 0.15) is 23.8 Å². The number of carbonyl (C=O) groups excluding carboxylic acids is 1. The lowest BCUT2D eigenvalue weighted by Gasteiger charge is -2.09. The SMILES string of the molecule is O=C(N/N=C\c1ccccc1OCc1ccc(F)cc1)c1cc2cc(Br)cc(I)c2o1. The van der Waals surface area contributed by atoms with E-state index in [1.807, 2.05) is 30.3 Å². The van der Waals surface area contributed by atoms with Gasteiger partial charge in [-0.05, 0) is 70.6 Å². The van der Waals surface area contributed by atoms with E-state index in [2.05, 4.69) is 49.0 Å². The Labute approximate surface area is 199 Å². The molecule has 0 aliphatic rings. The lowest BCUT2D eigenvalue weighted by molar-refractivity contribution is 0.0929. The van der Waals surface area contributed by atoms with Crippen LogP contribution in [-0.2, 0) is 6.61 Å². The fourth-order valence-corrected chi connectivity index (χ4v) is 4.52. The predicted molar refractivity (Wildman–Crippen MR) is 129 cm³/mol. The maximum absolute atomic E-state index is 13.0. The molecule has 0 saturated carbocycles. The van der Waals surface area contributed by atoms with Gasteiger partial charge in [-0.15, -0.1) is 0 Å². The Morgan fingerprint density at radius 1 is 1.16 bits per heavy atom. The van der Waals surface area contributed by atoms with Gasteiger partial charge in [0.2, 0.25) is 0 Å². The summed E-state index contributed by atoms with van der Waals surface area (Å²) in [6, 6.07) is 18.9. The van der Waals surface area contributed by atoms with Gasteiger partial charge in [-0.25, -0.2) is 9.82 Å². The molecule has 1 aromatic heterocycles. The molecule has 3 aromatic carbocycles. The Kier molecular flexibility index (Phi) is 6.67. The summed E-state index contributed by atoms with van der Waals surface area (Å²) in [5, 5.41) is 4.86. The molecule has 31 heavy (non-hydrogen) atoms. The summed E-state index contributed by atoms with van der Waals surface area (Å²) in [6.07, 6.45) is 1.50. The summed E-state index contributed by atoms with van der Waals surface area (Å²) in [6.45, 7) is 0.282. The van der Waals surface area contributed by atoms with Gasteiger partial charge in [0.25, 0.3) is 0 Å². The maximum Gasteiger partial charge on any atom is 0.307 e. The van der Waals surface area contributed by atoms with Crippen LogP contribution < -0.4 is 10.2 Å². The molecule has 8 heteroatoms. The van der Waals surface area contributed by atoms with E-state index in [0.717, 1.165) is 19.0 Å². The Morgan fingerprint density at radius 3 is 2.74 bits per heavy atom. The number of ether oxygens (including phenoxy) is 1. The first-order valence-electron chi connectivity index (χ1n) is 9.18. The first kappa shape index (κ1) is 21.5. The number of furan rings is 1. The number of para-hydroxylation sites is 1. The minimum atomic E-state index is -0.455. The highest BCUT2D eigenvalue weighted by Gasteiger charge is 2.14. The summed E-state index contributed by atoms with van der Waals surface area (Å²) in [5.74, 6) is 0.0138. The first-order chi connectivity index (χ1) is 15.0. The fraction of sp³-hybridized carbons (Fsp3) is 0.0435. The minimum Gasteiger partial charge on any atom is -0.488 e. The quantitative estimate of drug-likeness (QED) is 0.163. The van der Waals surface area contributed by atoms with Crippen LogP contribution in [0, 0.1) is 9.39 Å². The monoisotopic (exact) mass is 592 g/mol. The van der Waals surface area contributed by atoms with Crippen LogP contribution in [0.3, 0.4) is 0 Å². The van der Waals surface area contributed by atoms with E-state index < -0.39 is 5.91 Å². The van der Waals surface area contributed by atoms with Crippen molar-refractivity contribution in [2.24, 2.45) is 5.10 Å². The van der Waals surface area contributed by atoms with Crippen LogP contribution >= 0.6 is 38.5 Å². The van der Waals surface area contributed by atoms with Crippen LogP contribution in [0.4, 0.5) is 4.39 Å². The molecule has 0 aliphatic carbocycles. The normalized spacial score (nSPS) is 11.2. The van der Waals surface area contributed by atoms with Gasteiger partial charge in [-0.3, -0.25) is 4.79 Å². The van der Waals surface area contributed by atoms with Crippen molar-refractivity contribution in [3.63, 3.8) is 0 Å². The molecule has 1 N–H and O–H groups in total. The van der Waals surface area contributed by atoms with E-state index in [4.69, 9.17) is 9.15 Å². The third-order valence-electron chi connectivity index (χ3n) is 4.36. The molecule has 0 bridgehead atoms. The standard InChI is InChI=1S/C23H15BrFIN2O3/c24-17-9-16-10-21(31-22(16)19(26)11-17)23(29)28-27-12-15-3-1-2-4-20(15)30-13-14-5-7-18(25)8-6-14/h1-12H,13H2,(H,28,29)/b27-12-. The molecule has 0 radical (unpaired) electrons. The molecule has 0 saturated heterocycles. The number of nitrogens with zero attached hydrogens (tertiary/aromatic N) is 1. The van der Waals surface area contributed by atoms with E-state index in [1.165, 1.54) is 18.3 Å². The van der Waals surface area contributed by atoms with Crippen molar-refractivity contribution < 1.29 is 18.3 Å². The molecule has 0 fully saturated rings. The van der Waals surface area contributed by atoms with Crippen LogP contribution in [0.5, 0.6) is 5.75 Å². The Hall–Kier alpha value is -2.72. The number of rotatable bonds is 6. The third kappa shape index (κ3) is 5.31. The molecule has 4 aromatic rings. The van der Waals surface area contributed by atoms with Gasteiger partial charge in [-0.1, -0.05) is 40.2 Å². The molecule has 0 aliphatic heterocycles. The van der Waals surface area contributed by atoms with Crippen LogP contribution in [0.1, 0.15) is 21.7 Å². The molecule has 1 heterocycles. The molecule has 0 spiro atoms. The number of hydrogen-bond acceptors (Lipinski definition) is 4. The molecule has 156 valence electrons. The van der Waals surface area contributed by atoms with Crippen molar-refractivity contribution in [2.45, 2.75) is 6.61 Å². The molecule has 5 nitrogen and oxygen atoms in total. The second kappa shape index (κ2) is 9.61. The lowest BCUT2D eigenvalue weighted by Crippen LogP contribution is -2.16. The fourth-order valence-electron chi connectivity index (χ4n) is 2.86. The highest BCUT2D eigenvalue weighted by atomic mass is 127. The highest BCUT2D eigenvalue weighted by Crippen LogP contribution is 2.28. The number of hydrogen-bond donors (Lipinski definition) is 1. The summed E-state index contributed by atoms with van der Waals surface area (Å²) < 4.78 is 26.3. The lowest BCUT2D eigenvalue weighted by atomic mass is 10.2. The summed E-state index contributed by atoms with van der Waals surface area (Å²) in [5.41, 5.74) is 4.65. The number of carbonyl (C=O) groups is 1. The van der Waals surface area contributed by atoms with Crippen LogP contribution in [-0.4, -0.2) is 12.1 Å². The molecule has 0 atom stereocenters. The van der Waals surface area contributed by atoms with E-state index in [9.17, 15) is 9.18 Å². The van der Waals surface area contributed by atoms with E-state index in [1.54, 1.807) is 24.3 Å². The van der Waals surface area contributed by atoms with Crippen molar-refractivity contribution in [2.75, 3.05) is 0 Å². The van der Waals surface area contributed by atoms with Crippen LogP contribution in [0.25, 0.3) is 11.0 Å². The van der Waals surface area contributed by atoms with Gasteiger partial charge in [0.05, 0.1) is 9.78 Å². The molecular formula is C23H15BrFIN2O3. The van der Waals surface area contributed by atoms with Gasteiger partial charge in [0.15, 0.2) is 5.76 Å². The zero-order valence-electron chi connectivity index (χ0n) is 15.9. The summed E-state index contributed by atoms with van der Waals surface area (Å²) >= 11 is 5.59. The number of benzene rings is 3. The van der Waals surface area contributed by atoms with E-state index in [0.29, 0.717) is 16.9 Å². The average molecular weight is 593 g/mol. The zero-order chi connectivity index (χ0) is 21.8. The predicted octanol–water partition coefficient (Wildman–Crippen LogP) is 6.28. The Balaban J connectivity index is 1.43. The second-order valence-electron chi connectivity index (χ2n) is 6.57. The van der Waals surface area contributed by atoms with Crippen molar-refractivity contribution in [1.82, 2.24) is 5.43 Å². The number of hydrazone groups is 1. The van der Waals surface area contributed by atoms with Crippen molar-refractivity contribution in [1.29, 1.82) is 0 Å². The number of fused-ring (bicyclic) bond motifs is 1. The molecule has 1 amide bonds. The van der Waals surface area contributed by atoms with Crippen LogP contribution in [0.2, 0.25) is 0 Å². The molecule has 0 unspecified atom stereocenters. The molecule has 4 rings (SSSR count). The van der Waals surface area contributed by atoms with E-state index in [-0.39, 0.29) is 18.2 Å². The van der Waals surface area contributed by atoms with Gasteiger partial charge < -0.3 is 9.15 Å². The Morgan fingerprint density at radius 2 is 1.94 bits per heavy atom. The van der Waals surface area contributed by atoms with Gasteiger partial charge >= 0.3 is 5.91 Å². The zero-order valence-corrected chi connectivity index (χ0v) is 19.7. The minimum absolute atomic E-state index is 0.170. The third-order valence-corrected chi connectivity index (χ3v) is 5.61.